The van der Waals surface area contributed by atoms with Crippen LogP contribution in [0.1, 0.15) is 19.8 Å². The van der Waals surface area contributed by atoms with Crippen molar-refractivity contribution in [3.05, 3.63) is 24.0 Å². The first-order valence-corrected chi connectivity index (χ1v) is 4.62. The highest BCUT2D eigenvalue weighted by atomic mass is 19.4. The monoisotopic (exact) mass is 206 g/mol. The summed E-state index contributed by atoms with van der Waals surface area (Å²) in [5.41, 5.74) is 0. The van der Waals surface area contributed by atoms with Gasteiger partial charge >= 0.3 is 6.18 Å². The molecule has 0 aliphatic heterocycles. The molecule has 0 saturated carbocycles. The van der Waals surface area contributed by atoms with Crippen LogP contribution in [0.5, 0.6) is 0 Å². The summed E-state index contributed by atoms with van der Waals surface area (Å²) in [5.74, 6) is -0.802. The van der Waals surface area contributed by atoms with Crippen LogP contribution < -0.4 is 0 Å². The minimum atomic E-state index is -4.14. The van der Waals surface area contributed by atoms with Crippen LogP contribution in [0.4, 0.5) is 13.2 Å². The van der Waals surface area contributed by atoms with E-state index in [9.17, 15) is 13.2 Å². The lowest BCUT2D eigenvalue weighted by atomic mass is 10.00. The zero-order valence-corrected chi connectivity index (χ0v) is 7.97. The molecule has 80 valence electrons. The molecule has 14 heavy (non-hydrogen) atoms. The lowest BCUT2D eigenvalue weighted by molar-refractivity contribution is -0.160. The highest BCUT2D eigenvalue weighted by Crippen LogP contribution is 2.33. The van der Waals surface area contributed by atoms with Crippen LogP contribution in [0.2, 0.25) is 0 Å². The van der Waals surface area contributed by atoms with Crippen molar-refractivity contribution in [2.75, 3.05) is 6.61 Å². The highest BCUT2D eigenvalue weighted by Gasteiger charge is 2.37. The quantitative estimate of drug-likeness (QED) is 0.687. The third kappa shape index (κ3) is 3.09. The van der Waals surface area contributed by atoms with Crippen LogP contribution in [0.25, 0.3) is 0 Å². The van der Waals surface area contributed by atoms with Gasteiger partial charge in [-0.15, -0.1) is 0 Å². The van der Waals surface area contributed by atoms with E-state index in [0.29, 0.717) is 12.4 Å². The van der Waals surface area contributed by atoms with Crippen LogP contribution in [0.15, 0.2) is 24.0 Å². The van der Waals surface area contributed by atoms with Gasteiger partial charge in [0.25, 0.3) is 0 Å². The van der Waals surface area contributed by atoms with Gasteiger partial charge < -0.3 is 4.74 Å². The molecule has 0 heterocycles. The SMILES string of the molecule is CCCOC1=CCC(C(F)(F)F)C=C1. The Hall–Kier alpha value is -0.930. The molecule has 0 amide bonds. The largest absolute Gasteiger partial charge is 0.494 e. The van der Waals surface area contributed by atoms with E-state index in [1.807, 2.05) is 6.92 Å². The van der Waals surface area contributed by atoms with Crippen LogP contribution >= 0.6 is 0 Å². The molecule has 0 aromatic heterocycles. The third-order valence-electron chi connectivity index (χ3n) is 1.96. The standard InChI is InChI=1S/C10H13F3O/c1-2-7-14-9-5-3-8(4-6-9)10(11,12)13/h3,5-6,8H,2,4,7H2,1H3. The summed E-state index contributed by atoms with van der Waals surface area (Å²) < 4.78 is 41.8. The molecular formula is C10H13F3O. The summed E-state index contributed by atoms with van der Waals surface area (Å²) in [6, 6.07) is 0. The molecule has 0 aromatic rings. The van der Waals surface area contributed by atoms with E-state index in [1.54, 1.807) is 0 Å². The Labute approximate surface area is 81.2 Å². The van der Waals surface area contributed by atoms with Gasteiger partial charge in [0, 0.05) is 0 Å². The average Bonchev–Trinajstić information content (AvgIpc) is 2.14. The minimum Gasteiger partial charge on any atom is -0.494 e. The molecule has 1 atom stereocenters. The first-order valence-electron chi connectivity index (χ1n) is 4.62. The molecular weight excluding hydrogens is 193 g/mol. The number of hydrogen-bond donors (Lipinski definition) is 0. The van der Waals surface area contributed by atoms with Crippen LogP contribution in [-0.2, 0) is 4.74 Å². The Morgan fingerprint density at radius 1 is 1.50 bits per heavy atom. The first-order chi connectivity index (χ1) is 6.54. The van der Waals surface area contributed by atoms with Crippen molar-refractivity contribution in [1.82, 2.24) is 0 Å². The zero-order chi connectivity index (χ0) is 10.6. The summed E-state index contributed by atoms with van der Waals surface area (Å²) in [6.45, 7) is 2.50. The molecule has 0 spiro atoms. The van der Waals surface area contributed by atoms with Crippen molar-refractivity contribution >= 4 is 0 Å². The maximum absolute atomic E-state index is 12.2. The second-order valence-corrected chi connectivity index (χ2v) is 3.20. The van der Waals surface area contributed by atoms with E-state index >= 15 is 0 Å². The molecule has 0 radical (unpaired) electrons. The van der Waals surface area contributed by atoms with Gasteiger partial charge in [-0.2, -0.15) is 13.2 Å². The molecule has 0 N–H and O–H groups in total. The van der Waals surface area contributed by atoms with E-state index in [2.05, 4.69) is 0 Å². The third-order valence-corrected chi connectivity index (χ3v) is 1.96. The fourth-order valence-corrected chi connectivity index (χ4v) is 1.17. The Balaban J connectivity index is 2.45. The highest BCUT2D eigenvalue weighted by molar-refractivity contribution is 5.19. The summed E-state index contributed by atoms with van der Waals surface area (Å²) in [4.78, 5) is 0. The van der Waals surface area contributed by atoms with E-state index in [1.165, 1.54) is 12.2 Å². The number of rotatable bonds is 3. The fraction of sp³-hybridized carbons (Fsp3) is 0.600. The van der Waals surface area contributed by atoms with Gasteiger partial charge in [-0.3, -0.25) is 0 Å². The van der Waals surface area contributed by atoms with Crippen molar-refractivity contribution in [3.63, 3.8) is 0 Å². The summed E-state index contributed by atoms with van der Waals surface area (Å²) in [7, 11) is 0. The number of alkyl halides is 3. The Morgan fingerprint density at radius 3 is 2.64 bits per heavy atom. The average molecular weight is 206 g/mol. The van der Waals surface area contributed by atoms with E-state index in [-0.39, 0.29) is 6.42 Å². The second-order valence-electron chi connectivity index (χ2n) is 3.20. The fourth-order valence-electron chi connectivity index (χ4n) is 1.17. The van der Waals surface area contributed by atoms with E-state index in [0.717, 1.165) is 12.5 Å². The van der Waals surface area contributed by atoms with Crippen LogP contribution in [0, 0.1) is 5.92 Å². The summed E-state index contributed by atoms with van der Waals surface area (Å²) in [5, 5.41) is 0. The van der Waals surface area contributed by atoms with Crippen LogP contribution in [0.3, 0.4) is 0 Å². The molecule has 0 aromatic carbocycles. The second kappa shape index (κ2) is 4.53. The number of allylic oxidation sites excluding steroid dienone is 3. The molecule has 1 aliphatic carbocycles. The van der Waals surface area contributed by atoms with Crippen molar-refractivity contribution < 1.29 is 17.9 Å². The lowest BCUT2D eigenvalue weighted by Crippen LogP contribution is -2.21. The Morgan fingerprint density at radius 2 is 2.21 bits per heavy atom. The van der Waals surface area contributed by atoms with Gasteiger partial charge in [-0.25, -0.2) is 0 Å². The Kier molecular flexibility index (Phi) is 3.61. The predicted octanol–water partition coefficient (Wildman–Crippen LogP) is 3.44. The van der Waals surface area contributed by atoms with Crippen LogP contribution in [-0.4, -0.2) is 12.8 Å². The predicted molar refractivity (Wildman–Crippen MR) is 47.6 cm³/mol. The summed E-state index contributed by atoms with van der Waals surface area (Å²) in [6.07, 6.45) is 0.756. The van der Waals surface area contributed by atoms with Crippen molar-refractivity contribution in [2.45, 2.75) is 25.9 Å². The zero-order valence-electron chi connectivity index (χ0n) is 7.97. The van der Waals surface area contributed by atoms with Crippen molar-refractivity contribution in [2.24, 2.45) is 5.92 Å². The van der Waals surface area contributed by atoms with Gasteiger partial charge in [0.1, 0.15) is 5.76 Å². The van der Waals surface area contributed by atoms with Crippen molar-refractivity contribution in [1.29, 1.82) is 0 Å². The van der Waals surface area contributed by atoms with E-state index < -0.39 is 12.1 Å². The van der Waals surface area contributed by atoms with Gasteiger partial charge in [0.15, 0.2) is 0 Å². The molecule has 0 bridgehead atoms. The maximum atomic E-state index is 12.2. The molecule has 0 fully saturated rings. The van der Waals surface area contributed by atoms with Gasteiger partial charge in [-0.1, -0.05) is 13.0 Å². The molecule has 1 rings (SSSR count). The number of hydrogen-bond acceptors (Lipinski definition) is 1. The lowest BCUT2D eigenvalue weighted by Gasteiger charge is -2.19. The normalized spacial score (nSPS) is 22.0. The number of halogens is 3. The molecule has 4 heteroatoms. The van der Waals surface area contributed by atoms with Gasteiger partial charge in [0.05, 0.1) is 12.5 Å². The molecule has 1 aliphatic rings. The summed E-state index contributed by atoms with van der Waals surface area (Å²) >= 11 is 0. The van der Waals surface area contributed by atoms with E-state index in [4.69, 9.17) is 4.74 Å². The smallest absolute Gasteiger partial charge is 0.395 e. The van der Waals surface area contributed by atoms with Gasteiger partial charge in [0.2, 0.25) is 0 Å². The molecule has 1 nitrogen and oxygen atoms in total. The maximum Gasteiger partial charge on any atom is 0.395 e. The minimum absolute atomic E-state index is 0.0148. The molecule has 0 saturated heterocycles. The van der Waals surface area contributed by atoms with Crippen molar-refractivity contribution in [3.8, 4) is 0 Å². The Bertz CT molecular complexity index is 240. The molecule has 1 unspecified atom stereocenters. The number of ether oxygens (including phenoxy) is 1. The van der Waals surface area contributed by atoms with Gasteiger partial charge in [-0.05, 0) is 25.0 Å². The topological polar surface area (TPSA) is 9.23 Å². The first kappa shape index (κ1) is 11.1.